The number of carbonyl (C=O) groups excluding carboxylic acids is 3. The van der Waals surface area contributed by atoms with Gasteiger partial charge in [-0.25, -0.2) is 0 Å². The number of ketones is 2. The van der Waals surface area contributed by atoms with E-state index < -0.39 is 12.2 Å². The Labute approximate surface area is 129 Å². The van der Waals surface area contributed by atoms with Gasteiger partial charge < -0.3 is 14.6 Å². The molecule has 2 saturated heterocycles. The first kappa shape index (κ1) is 20.2. The minimum absolute atomic E-state index is 0.0767. The van der Waals surface area contributed by atoms with Crippen molar-refractivity contribution in [1.29, 1.82) is 0 Å². The molecule has 0 bridgehead atoms. The molecule has 0 radical (unpaired) electrons. The molecular weight excluding hydrogens is 300 g/mol. The van der Waals surface area contributed by atoms with Gasteiger partial charge in [-0.15, -0.1) is 0 Å². The summed E-state index contributed by atoms with van der Waals surface area (Å²) >= 11 is 4.64. The molecule has 1 N–H and O–H groups in total. The van der Waals surface area contributed by atoms with Gasteiger partial charge in [0.05, 0.1) is 6.10 Å². The minimum Gasteiger partial charge on any atom is -0.390 e. The zero-order chi connectivity index (χ0) is 16.3. The summed E-state index contributed by atoms with van der Waals surface area (Å²) in [5.41, 5.74) is 0. The largest absolute Gasteiger partial charge is 0.390 e. The second-order valence-corrected chi connectivity index (χ2v) is 5.31. The van der Waals surface area contributed by atoms with Crippen molar-refractivity contribution >= 4 is 28.4 Å². The molecule has 2 aliphatic heterocycles. The molecule has 2 atom stereocenters. The lowest BCUT2D eigenvalue weighted by molar-refractivity contribution is -0.141. The summed E-state index contributed by atoms with van der Waals surface area (Å²) in [5, 5.41) is 8.83. The highest BCUT2D eigenvalue weighted by Crippen LogP contribution is 2.13. The van der Waals surface area contributed by atoms with Crippen LogP contribution in [0, 0.1) is 0 Å². The van der Waals surface area contributed by atoms with Crippen molar-refractivity contribution in [3.8, 4) is 0 Å². The third-order valence-corrected chi connectivity index (χ3v) is 2.70. The molecule has 6 nitrogen and oxygen atoms in total. The topological polar surface area (TPSA) is 89.9 Å². The molecule has 2 fully saturated rings. The van der Waals surface area contributed by atoms with Crippen molar-refractivity contribution in [2.75, 3.05) is 19.8 Å². The van der Waals surface area contributed by atoms with Gasteiger partial charge in [0.1, 0.15) is 12.7 Å². The summed E-state index contributed by atoms with van der Waals surface area (Å²) in [6, 6.07) is 0. The Hall–Kier alpha value is -0.820. The van der Waals surface area contributed by atoms with E-state index in [2.05, 4.69) is 11.6 Å². The highest BCUT2D eigenvalue weighted by atomic mass is 35.5. The summed E-state index contributed by atoms with van der Waals surface area (Å²) in [7, 11) is 0. The molecule has 7 heteroatoms. The second kappa shape index (κ2) is 11.8. The third-order valence-electron chi connectivity index (χ3n) is 2.70. The summed E-state index contributed by atoms with van der Waals surface area (Å²) in [6.45, 7) is 4.45. The van der Waals surface area contributed by atoms with Crippen molar-refractivity contribution in [3.63, 3.8) is 0 Å². The van der Waals surface area contributed by atoms with Crippen LogP contribution in [0.25, 0.3) is 0 Å². The number of ether oxygens (including phenoxy) is 2. The van der Waals surface area contributed by atoms with Crippen LogP contribution in [0.2, 0.25) is 0 Å². The summed E-state index contributed by atoms with van der Waals surface area (Å²) in [5.74, 6) is 0.165. The Balaban J connectivity index is 0.000000317. The zero-order valence-electron chi connectivity index (χ0n) is 12.5. The molecule has 122 valence electrons. The van der Waals surface area contributed by atoms with Gasteiger partial charge in [-0.2, -0.15) is 0 Å². The van der Waals surface area contributed by atoms with E-state index in [0.717, 1.165) is 25.9 Å². The predicted molar refractivity (Wildman–Crippen MR) is 77.3 cm³/mol. The van der Waals surface area contributed by atoms with E-state index in [4.69, 9.17) is 9.47 Å². The SMILES string of the molecule is CC(=O)C1OCCCC1O.CC(=O)Cl.O=C1CCCOC1. The maximum Gasteiger partial charge on any atom is 0.218 e. The number of rotatable bonds is 1. The van der Waals surface area contributed by atoms with E-state index in [9.17, 15) is 19.5 Å². The molecule has 2 rings (SSSR count). The predicted octanol–water partition coefficient (Wildman–Crippen LogP) is 1.25. The summed E-state index contributed by atoms with van der Waals surface area (Å²) in [4.78, 5) is 30.3. The lowest BCUT2D eigenvalue weighted by Crippen LogP contribution is -2.39. The molecule has 2 aliphatic rings. The van der Waals surface area contributed by atoms with Gasteiger partial charge >= 0.3 is 0 Å². The van der Waals surface area contributed by atoms with E-state index in [1.54, 1.807) is 0 Å². The van der Waals surface area contributed by atoms with E-state index in [0.29, 0.717) is 19.6 Å². The maximum atomic E-state index is 10.7. The van der Waals surface area contributed by atoms with Crippen molar-refractivity contribution in [2.45, 2.75) is 51.7 Å². The molecular formula is C14H23ClO6. The molecule has 0 amide bonds. The van der Waals surface area contributed by atoms with Crippen LogP contribution in [-0.4, -0.2) is 53.9 Å². The van der Waals surface area contributed by atoms with Crippen molar-refractivity contribution in [1.82, 2.24) is 0 Å². The number of hydrogen-bond donors (Lipinski definition) is 1. The Bertz CT molecular complexity index is 332. The van der Waals surface area contributed by atoms with Crippen LogP contribution >= 0.6 is 11.6 Å². The fourth-order valence-electron chi connectivity index (χ4n) is 1.78. The van der Waals surface area contributed by atoms with E-state index in [1.807, 2.05) is 0 Å². The molecule has 0 saturated carbocycles. The molecule has 0 aromatic rings. The maximum absolute atomic E-state index is 10.7. The first-order chi connectivity index (χ1) is 9.84. The Morgan fingerprint density at radius 3 is 2.14 bits per heavy atom. The number of hydrogen-bond acceptors (Lipinski definition) is 6. The lowest BCUT2D eigenvalue weighted by Gasteiger charge is -2.25. The second-order valence-electron chi connectivity index (χ2n) is 4.78. The van der Waals surface area contributed by atoms with E-state index in [1.165, 1.54) is 13.8 Å². The van der Waals surface area contributed by atoms with Crippen molar-refractivity contribution < 1.29 is 29.0 Å². The van der Waals surface area contributed by atoms with Crippen LogP contribution in [0.1, 0.15) is 39.5 Å². The van der Waals surface area contributed by atoms with Gasteiger partial charge in [0.2, 0.25) is 5.24 Å². The normalized spacial score (nSPS) is 24.9. The highest BCUT2D eigenvalue weighted by Gasteiger charge is 2.27. The first-order valence-corrected chi connectivity index (χ1v) is 7.28. The standard InChI is InChI=1S/C7H12O3.C5H8O2.C2H3ClO/c1-5(8)7-6(9)3-2-4-10-7;6-5-2-1-3-7-4-5;1-2(3)4/h6-7,9H,2-4H2,1H3;1-4H2;1H3. The molecule has 2 heterocycles. The monoisotopic (exact) mass is 322 g/mol. The van der Waals surface area contributed by atoms with Crippen molar-refractivity contribution in [3.05, 3.63) is 0 Å². The number of aliphatic hydroxyl groups is 1. The van der Waals surface area contributed by atoms with Gasteiger partial charge in [-0.05, 0) is 37.8 Å². The van der Waals surface area contributed by atoms with Crippen LogP contribution < -0.4 is 0 Å². The van der Waals surface area contributed by atoms with Crippen LogP contribution in [0.4, 0.5) is 0 Å². The molecule has 0 aromatic heterocycles. The number of Topliss-reactive ketones (excluding diaryl/α,β-unsaturated/α-hetero) is 2. The fourth-order valence-corrected chi connectivity index (χ4v) is 1.78. The van der Waals surface area contributed by atoms with Crippen LogP contribution in [-0.2, 0) is 23.9 Å². The van der Waals surface area contributed by atoms with E-state index >= 15 is 0 Å². The lowest BCUT2D eigenvalue weighted by atomic mass is 10.0. The molecule has 0 spiro atoms. The number of aliphatic hydroxyl groups excluding tert-OH is 1. The quantitative estimate of drug-likeness (QED) is 0.731. The van der Waals surface area contributed by atoms with Crippen LogP contribution in [0.3, 0.4) is 0 Å². The molecule has 2 unspecified atom stereocenters. The van der Waals surface area contributed by atoms with E-state index in [-0.39, 0.29) is 16.8 Å². The third kappa shape index (κ3) is 11.5. The summed E-state index contributed by atoms with van der Waals surface area (Å²) < 4.78 is 9.88. The highest BCUT2D eigenvalue weighted by molar-refractivity contribution is 6.62. The van der Waals surface area contributed by atoms with Gasteiger partial charge in [0.15, 0.2) is 11.6 Å². The zero-order valence-corrected chi connectivity index (χ0v) is 13.2. The van der Waals surface area contributed by atoms with Crippen molar-refractivity contribution in [2.24, 2.45) is 0 Å². The van der Waals surface area contributed by atoms with Gasteiger partial charge in [-0.3, -0.25) is 14.4 Å². The molecule has 0 aliphatic carbocycles. The fraction of sp³-hybridized carbons (Fsp3) is 0.786. The van der Waals surface area contributed by atoms with Gasteiger partial charge in [-0.1, -0.05) is 0 Å². The number of halogens is 1. The Morgan fingerprint density at radius 2 is 1.86 bits per heavy atom. The van der Waals surface area contributed by atoms with Gasteiger partial charge in [0.25, 0.3) is 0 Å². The minimum atomic E-state index is -0.578. The van der Waals surface area contributed by atoms with Gasteiger partial charge in [0, 0.05) is 26.6 Å². The van der Waals surface area contributed by atoms with Crippen LogP contribution in [0.15, 0.2) is 0 Å². The average Bonchev–Trinajstić information content (AvgIpc) is 2.40. The molecule has 0 aromatic carbocycles. The summed E-state index contributed by atoms with van der Waals surface area (Å²) in [6.07, 6.45) is 2.04. The smallest absolute Gasteiger partial charge is 0.218 e. The Kier molecular flexibility index (Phi) is 11.3. The number of carbonyl (C=O) groups is 3. The van der Waals surface area contributed by atoms with Crippen LogP contribution in [0.5, 0.6) is 0 Å². The average molecular weight is 323 g/mol. The first-order valence-electron chi connectivity index (χ1n) is 6.90. The Morgan fingerprint density at radius 1 is 1.24 bits per heavy atom. The molecule has 21 heavy (non-hydrogen) atoms.